The van der Waals surface area contributed by atoms with E-state index in [1.54, 1.807) is 12.1 Å². The van der Waals surface area contributed by atoms with E-state index >= 15 is 0 Å². The Morgan fingerprint density at radius 2 is 2.00 bits per heavy atom. The molecule has 2 nitrogen and oxygen atoms in total. The minimum Gasteiger partial charge on any atom is -0.412 e. The first kappa shape index (κ1) is 1.74. The van der Waals surface area contributed by atoms with E-state index in [1.165, 1.54) is 0 Å². The molecule has 0 aromatic heterocycles. The van der Waals surface area contributed by atoms with E-state index in [2.05, 4.69) is 4.84 Å². The summed E-state index contributed by atoms with van der Waals surface area (Å²) in [6.07, 6.45) is 0. The standard InChI is InChI=1S/C6H7NO.6H2/c7-8-6-4-2-1-3-5-6;;;;;;/h1-5H,7H2;6*1H/i;5*1+1D;1+1. The van der Waals surface area contributed by atoms with Gasteiger partial charge in [-0.3, -0.25) is 0 Å². The molecule has 0 spiro atoms. The summed E-state index contributed by atoms with van der Waals surface area (Å²) in [5.41, 5.74) is 0. The maximum Gasteiger partial charge on any atom is 0.146 e. The van der Waals surface area contributed by atoms with Gasteiger partial charge >= 0.3 is 0 Å². The van der Waals surface area contributed by atoms with Crippen molar-refractivity contribution in [1.82, 2.24) is 0 Å². The van der Waals surface area contributed by atoms with Crippen molar-refractivity contribution < 1.29 is 21.1 Å². The van der Waals surface area contributed by atoms with Crippen LogP contribution < -0.4 is 10.7 Å². The molecule has 0 aliphatic carbocycles. The van der Waals surface area contributed by atoms with Crippen molar-refractivity contribution in [3.05, 3.63) is 30.3 Å². The molecule has 2 heteroatoms. The summed E-state index contributed by atoms with van der Waals surface area (Å²) < 4.78 is 50.0. The van der Waals surface area contributed by atoms with Crippen molar-refractivity contribution >= 4 is 0 Å². The second kappa shape index (κ2) is 2.33. The second-order valence-corrected chi connectivity index (χ2v) is 1.43. The number of hydrogen-bond donors (Lipinski definition) is 1. The predicted octanol–water partition coefficient (Wildman–Crippen LogP) is 2.42. The summed E-state index contributed by atoms with van der Waals surface area (Å²) in [7, 11) is 0. The average molecular weight is 132 g/mol. The van der Waals surface area contributed by atoms with Crippen LogP contribution in [-0.4, -0.2) is 0 Å². The van der Waals surface area contributed by atoms with E-state index in [-0.39, 0.29) is 1.43 Å². The minimum absolute atomic E-state index is 0. The molecule has 0 atom stereocenters. The normalized spacial score (nSPS) is 13.6. The monoisotopic (exact) mass is 132 g/mol. The maximum absolute atomic E-state index is 5.00. The Hall–Kier alpha value is -1.02. The van der Waals surface area contributed by atoms with Crippen LogP contribution in [0, 0.1) is 0 Å². The largest absolute Gasteiger partial charge is 0.412 e. The zero-order valence-corrected chi connectivity index (χ0v) is 4.37. The van der Waals surface area contributed by atoms with Crippen molar-refractivity contribution in [2.45, 2.75) is 0 Å². The van der Waals surface area contributed by atoms with E-state index < -0.39 is 0 Å². The van der Waals surface area contributed by atoms with Gasteiger partial charge in [0, 0.05) is 16.3 Å². The SMILES string of the molecule is NOc1ccccc1.[2HH].[2H][2H].[2H][2H].[2H][2H].[2H][2H].[2H][2H]. The van der Waals surface area contributed by atoms with Crippen molar-refractivity contribution in [1.29, 1.82) is 0 Å². The van der Waals surface area contributed by atoms with Crippen molar-refractivity contribution in [2.24, 2.45) is 5.90 Å². The average Bonchev–Trinajstić information content (AvgIpc) is 2.57. The van der Waals surface area contributed by atoms with Gasteiger partial charge in [0.05, 0.1) is 0 Å². The summed E-state index contributed by atoms with van der Waals surface area (Å²) >= 11 is 0. The van der Waals surface area contributed by atoms with Gasteiger partial charge in [-0.1, -0.05) is 18.2 Å². The highest BCUT2D eigenvalue weighted by atomic mass is 16.6. The van der Waals surface area contributed by atoms with Gasteiger partial charge in [0.1, 0.15) is 5.75 Å². The van der Waals surface area contributed by atoms with Crippen molar-refractivity contribution in [2.75, 3.05) is 0 Å². The number of nitrogens with two attached hydrogens (primary N) is 1. The topological polar surface area (TPSA) is 35.2 Å². The molecule has 0 aliphatic rings. The lowest BCUT2D eigenvalue weighted by Gasteiger charge is -1.92. The molecular weight excluding hydrogens is 102 g/mol. The summed E-state index contributed by atoms with van der Waals surface area (Å²) in [5, 5.41) is 0. The second-order valence-electron chi connectivity index (χ2n) is 1.43. The molecule has 0 aliphatic heterocycles. The van der Waals surface area contributed by atoms with Crippen LogP contribution in [0.3, 0.4) is 0 Å². The molecule has 0 saturated carbocycles. The first-order valence-corrected chi connectivity index (χ1v) is 2.35. The first-order chi connectivity index (χ1) is 8.93. The summed E-state index contributed by atoms with van der Waals surface area (Å²) in [4.78, 5) is 4.41. The zero-order chi connectivity index (χ0) is 15.8. The third-order valence-corrected chi connectivity index (χ3v) is 0.879. The predicted molar refractivity (Wildman–Crippen MR) is 43.9 cm³/mol. The first-order valence-electron chi connectivity index (χ1n) is 7.35. The van der Waals surface area contributed by atoms with Crippen LogP contribution in [0.5, 0.6) is 5.75 Å². The van der Waals surface area contributed by atoms with Crippen LogP contribution in [0.25, 0.3) is 0 Å². The third kappa shape index (κ3) is 0.978. The third-order valence-electron chi connectivity index (χ3n) is 0.879. The quantitative estimate of drug-likeness (QED) is 0.596. The molecule has 0 saturated heterocycles. The van der Waals surface area contributed by atoms with Gasteiger partial charge in [0.2, 0.25) is 0 Å². The summed E-state index contributed by atoms with van der Waals surface area (Å²) in [6, 6.07) is 9.22. The Morgan fingerprint density at radius 3 is 2.38 bits per heavy atom. The van der Waals surface area contributed by atoms with Crippen LogP contribution in [0.1, 0.15) is 16.3 Å². The Balaban J connectivity index is -0.0000000332. The maximum atomic E-state index is 5.00. The molecular formula is C6H19NO. The van der Waals surface area contributed by atoms with Gasteiger partial charge in [-0.15, -0.1) is 0 Å². The van der Waals surface area contributed by atoms with E-state index in [1.807, 2.05) is 18.2 Å². The van der Waals surface area contributed by atoms with Crippen LogP contribution in [-0.2, 0) is 0 Å². The molecule has 8 heavy (non-hydrogen) atoms. The fourth-order valence-electron chi connectivity index (χ4n) is 0.499. The highest BCUT2D eigenvalue weighted by molar-refractivity contribution is 5.20. The molecule has 0 unspecified atom stereocenters. The summed E-state index contributed by atoms with van der Waals surface area (Å²) in [5.74, 6) is 5.54. The molecule has 1 rings (SSSR count). The Morgan fingerprint density at radius 1 is 1.38 bits per heavy atom. The highest BCUT2D eigenvalue weighted by Crippen LogP contribution is 2.04. The lowest BCUT2D eigenvalue weighted by molar-refractivity contribution is 0.334. The van der Waals surface area contributed by atoms with E-state index in [0.29, 0.717) is 5.75 Å². The van der Waals surface area contributed by atoms with Gasteiger partial charge in [0.25, 0.3) is 0 Å². The number of para-hydroxylation sites is 1. The fourth-order valence-corrected chi connectivity index (χ4v) is 0.499. The van der Waals surface area contributed by atoms with Crippen molar-refractivity contribution in [3.63, 3.8) is 0 Å². The molecule has 2 N–H and O–H groups in total. The zero-order valence-electron chi connectivity index (χ0n) is 14.4. The number of benzene rings is 1. The van der Waals surface area contributed by atoms with Crippen LogP contribution in [0.2, 0.25) is 0 Å². The van der Waals surface area contributed by atoms with Gasteiger partial charge in [-0.2, -0.15) is 5.90 Å². The molecule has 1 aromatic rings. The Kier molecular flexibility index (Phi) is 0.506. The molecule has 0 bridgehead atoms. The Labute approximate surface area is 64.8 Å². The Bertz CT molecular complexity index is 169. The molecule has 54 valence electrons. The molecule has 0 fully saturated rings. The van der Waals surface area contributed by atoms with Crippen LogP contribution in [0.15, 0.2) is 30.3 Å². The van der Waals surface area contributed by atoms with Gasteiger partial charge in [-0.05, 0) is 12.1 Å². The van der Waals surface area contributed by atoms with Crippen LogP contribution >= 0.6 is 0 Å². The van der Waals surface area contributed by atoms with Gasteiger partial charge in [-0.25, -0.2) is 0 Å². The van der Waals surface area contributed by atoms with Crippen molar-refractivity contribution in [3.8, 4) is 5.75 Å². The minimum atomic E-state index is 0. The summed E-state index contributed by atoms with van der Waals surface area (Å²) in [6.45, 7) is 0. The lowest BCUT2D eigenvalue weighted by atomic mass is 10.3. The molecule has 0 heterocycles. The number of hydrogen-bond acceptors (Lipinski definition) is 2. The van der Waals surface area contributed by atoms with E-state index in [4.69, 9.17) is 20.7 Å². The highest BCUT2D eigenvalue weighted by Gasteiger charge is 1.81. The lowest BCUT2D eigenvalue weighted by Crippen LogP contribution is -2.00. The molecule has 1 aromatic carbocycles. The smallest absolute Gasteiger partial charge is 0.146 e. The number of rotatable bonds is 1. The van der Waals surface area contributed by atoms with Gasteiger partial charge in [0.15, 0.2) is 0 Å². The van der Waals surface area contributed by atoms with Gasteiger partial charge < -0.3 is 4.84 Å². The fraction of sp³-hybridized carbons (Fsp3) is 0. The van der Waals surface area contributed by atoms with Crippen LogP contribution in [0.4, 0.5) is 0 Å². The molecule has 0 amide bonds. The molecule has 0 radical (unpaired) electrons. The van der Waals surface area contributed by atoms with E-state index in [9.17, 15) is 0 Å². The van der Waals surface area contributed by atoms with E-state index in [0.717, 1.165) is 0 Å².